The number of aliphatic hydroxyl groups is 1. The molecule has 0 bridgehead atoms. The third-order valence-electron chi connectivity index (χ3n) is 4.88. The number of aliphatic hydroxyl groups excluding tert-OH is 1. The van der Waals surface area contributed by atoms with Gasteiger partial charge in [-0.05, 0) is 50.3 Å². The molecule has 2 aliphatic rings. The molecule has 2 aliphatic carbocycles. The Morgan fingerprint density at radius 2 is 2.29 bits per heavy atom. The molecule has 1 fully saturated rings. The molecule has 1 N–H and O–H groups in total. The van der Waals surface area contributed by atoms with Crippen molar-refractivity contribution in [3.63, 3.8) is 0 Å². The fourth-order valence-electron chi connectivity index (χ4n) is 3.66. The summed E-state index contributed by atoms with van der Waals surface area (Å²) in [6.07, 6.45) is 4.92. The Balaban J connectivity index is 2.04. The molecule has 0 aromatic carbocycles. The Labute approximate surface area is 134 Å². The van der Waals surface area contributed by atoms with Crippen LogP contribution >= 0.6 is 22.9 Å². The van der Waals surface area contributed by atoms with Crippen LogP contribution in [0.3, 0.4) is 0 Å². The summed E-state index contributed by atoms with van der Waals surface area (Å²) in [4.78, 5) is 13.6. The molecule has 0 saturated heterocycles. The Hall–Kier alpha value is -0.900. The van der Waals surface area contributed by atoms with Crippen LogP contribution in [0, 0.1) is 5.41 Å². The molecule has 21 heavy (non-hydrogen) atoms. The van der Waals surface area contributed by atoms with E-state index in [-0.39, 0.29) is 17.3 Å². The van der Waals surface area contributed by atoms with Crippen molar-refractivity contribution in [3.8, 4) is 0 Å². The maximum atomic E-state index is 12.6. The summed E-state index contributed by atoms with van der Waals surface area (Å²) in [5, 5.41) is 13.0. The van der Waals surface area contributed by atoms with Gasteiger partial charge in [0.25, 0.3) is 0 Å². The van der Waals surface area contributed by atoms with Crippen LogP contribution in [0.25, 0.3) is 6.08 Å². The molecule has 0 spiro atoms. The van der Waals surface area contributed by atoms with Crippen molar-refractivity contribution in [3.05, 3.63) is 38.1 Å². The summed E-state index contributed by atoms with van der Waals surface area (Å²) in [7, 11) is 0. The number of Topliss-reactive ketones (excluding diaryl/α,β-unsaturated/α-hetero) is 1. The third-order valence-corrected chi connectivity index (χ3v) is 6.10. The van der Waals surface area contributed by atoms with E-state index in [9.17, 15) is 9.90 Å². The highest BCUT2D eigenvalue weighted by Gasteiger charge is 2.45. The number of carbonyl (C=O) groups excluding carboxylic acids is 1. The smallest absolute Gasteiger partial charge is 0.184 e. The van der Waals surface area contributed by atoms with Crippen molar-refractivity contribution in [1.82, 2.24) is 0 Å². The topological polar surface area (TPSA) is 37.3 Å². The zero-order chi connectivity index (χ0) is 15.2. The second kappa shape index (κ2) is 5.38. The van der Waals surface area contributed by atoms with Crippen LogP contribution in [-0.4, -0.2) is 17.0 Å². The van der Waals surface area contributed by atoms with E-state index >= 15 is 0 Å². The van der Waals surface area contributed by atoms with Crippen molar-refractivity contribution in [2.45, 2.75) is 45.6 Å². The van der Waals surface area contributed by atoms with Crippen LogP contribution < -0.4 is 0 Å². The highest BCUT2D eigenvalue weighted by Crippen LogP contribution is 2.50. The van der Waals surface area contributed by atoms with Crippen molar-refractivity contribution < 1.29 is 9.90 Å². The van der Waals surface area contributed by atoms with Gasteiger partial charge in [-0.3, -0.25) is 4.79 Å². The molecule has 1 aromatic rings. The highest BCUT2D eigenvalue weighted by molar-refractivity contribution is 7.11. The van der Waals surface area contributed by atoms with Gasteiger partial charge >= 0.3 is 0 Å². The molecule has 0 unspecified atom stereocenters. The fraction of sp³-hybridized carbons (Fsp3) is 0.471. The first kappa shape index (κ1) is 15.0. The Morgan fingerprint density at radius 3 is 2.95 bits per heavy atom. The third kappa shape index (κ3) is 2.52. The molecule has 3 rings (SSSR count). The minimum absolute atomic E-state index is 0.126. The monoisotopic (exact) mass is 322 g/mol. The molecule has 112 valence electrons. The van der Waals surface area contributed by atoms with Gasteiger partial charge < -0.3 is 5.11 Å². The van der Waals surface area contributed by atoms with Gasteiger partial charge in [0.1, 0.15) is 0 Å². The average Bonchev–Trinajstić information content (AvgIpc) is 2.84. The number of halogens is 1. The second-order valence-electron chi connectivity index (χ2n) is 6.27. The van der Waals surface area contributed by atoms with Crippen LogP contribution in [0.1, 0.15) is 44.4 Å². The molecule has 0 amide bonds. The molecule has 1 saturated carbocycles. The number of hydrogen-bond donors (Lipinski definition) is 1. The lowest BCUT2D eigenvalue weighted by atomic mass is 9.61. The quantitative estimate of drug-likeness (QED) is 0.766. The minimum Gasteiger partial charge on any atom is -0.392 e. The molecule has 2 nitrogen and oxygen atoms in total. The van der Waals surface area contributed by atoms with Gasteiger partial charge in [-0.25, -0.2) is 0 Å². The van der Waals surface area contributed by atoms with Crippen LogP contribution in [0.15, 0.2) is 28.2 Å². The molecule has 0 aliphatic heterocycles. The fourth-order valence-corrected chi connectivity index (χ4v) is 4.70. The average molecular weight is 323 g/mol. The molecule has 1 aromatic heterocycles. The number of thiophene rings is 1. The van der Waals surface area contributed by atoms with Crippen molar-refractivity contribution in [2.75, 3.05) is 0 Å². The lowest BCUT2D eigenvalue weighted by molar-refractivity contribution is -0.113. The van der Waals surface area contributed by atoms with Gasteiger partial charge in [-0.1, -0.05) is 24.1 Å². The van der Waals surface area contributed by atoms with Gasteiger partial charge in [-0.2, -0.15) is 0 Å². The van der Waals surface area contributed by atoms with E-state index in [2.05, 4.69) is 6.92 Å². The SMILES string of the molecule is CC1=C2CCC[C@H](O)[C@@]2(C)CC(=Cc2cc(Cl)cs2)C1=O. The highest BCUT2D eigenvalue weighted by atomic mass is 35.5. The summed E-state index contributed by atoms with van der Waals surface area (Å²) in [6.45, 7) is 4.00. The van der Waals surface area contributed by atoms with Crippen molar-refractivity contribution in [1.29, 1.82) is 0 Å². The van der Waals surface area contributed by atoms with E-state index in [0.29, 0.717) is 11.4 Å². The van der Waals surface area contributed by atoms with Gasteiger partial charge in [0.15, 0.2) is 5.78 Å². The number of carbonyl (C=O) groups is 1. The molecule has 0 radical (unpaired) electrons. The number of hydrogen-bond acceptors (Lipinski definition) is 3. The van der Waals surface area contributed by atoms with E-state index in [0.717, 1.165) is 40.9 Å². The van der Waals surface area contributed by atoms with Crippen LogP contribution in [0.4, 0.5) is 0 Å². The molecule has 2 atom stereocenters. The predicted octanol–water partition coefficient (Wildman–Crippen LogP) is 4.63. The second-order valence-corrected chi connectivity index (χ2v) is 7.65. The van der Waals surface area contributed by atoms with Crippen LogP contribution in [0.2, 0.25) is 5.02 Å². The van der Waals surface area contributed by atoms with E-state index in [4.69, 9.17) is 11.6 Å². The summed E-state index contributed by atoms with van der Waals surface area (Å²) >= 11 is 7.49. The Bertz CT molecular complexity index is 656. The van der Waals surface area contributed by atoms with Crippen molar-refractivity contribution in [2.24, 2.45) is 5.41 Å². The molecule has 4 heteroatoms. The summed E-state index contributed by atoms with van der Waals surface area (Å²) in [6, 6.07) is 1.88. The molecule has 1 heterocycles. The normalized spacial score (nSPS) is 31.7. The van der Waals surface area contributed by atoms with E-state index in [1.165, 1.54) is 11.3 Å². The van der Waals surface area contributed by atoms with E-state index < -0.39 is 0 Å². The first-order valence-electron chi connectivity index (χ1n) is 7.29. The summed E-state index contributed by atoms with van der Waals surface area (Å²) in [5.41, 5.74) is 2.49. The van der Waals surface area contributed by atoms with Crippen LogP contribution in [-0.2, 0) is 4.79 Å². The molecular weight excluding hydrogens is 304 g/mol. The van der Waals surface area contributed by atoms with E-state index in [1.807, 2.05) is 24.4 Å². The van der Waals surface area contributed by atoms with Crippen LogP contribution in [0.5, 0.6) is 0 Å². The number of ketones is 1. The first-order chi connectivity index (χ1) is 9.91. The summed E-state index contributed by atoms with van der Waals surface area (Å²) < 4.78 is 0. The summed E-state index contributed by atoms with van der Waals surface area (Å²) in [5.74, 6) is 0.126. The van der Waals surface area contributed by atoms with Gasteiger partial charge in [0.05, 0.1) is 11.1 Å². The van der Waals surface area contributed by atoms with Gasteiger partial charge in [-0.15, -0.1) is 11.3 Å². The maximum Gasteiger partial charge on any atom is 0.184 e. The lowest BCUT2D eigenvalue weighted by Gasteiger charge is -2.45. The Morgan fingerprint density at radius 1 is 1.52 bits per heavy atom. The standard InChI is InChI=1S/C17H19ClO2S/c1-10-14-4-3-5-15(19)17(14,2)8-11(16(10)20)6-13-7-12(18)9-21-13/h6-7,9,15,19H,3-5,8H2,1-2H3/t15-,17-/m0/s1. The predicted molar refractivity (Wildman–Crippen MR) is 87.6 cm³/mol. The number of allylic oxidation sites excluding steroid dienone is 2. The zero-order valence-electron chi connectivity index (χ0n) is 12.3. The maximum absolute atomic E-state index is 12.6. The van der Waals surface area contributed by atoms with E-state index in [1.54, 1.807) is 0 Å². The Kier molecular flexibility index (Phi) is 3.85. The first-order valence-corrected chi connectivity index (χ1v) is 8.55. The minimum atomic E-state index is -0.361. The van der Waals surface area contributed by atoms with Crippen molar-refractivity contribution >= 4 is 34.8 Å². The molecular formula is C17H19ClO2S. The van der Waals surface area contributed by atoms with Gasteiger partial charge in [0.2, 0.25) is 0 Å². The number of fused-ring (bicyclic) bond motifs is 1. The lowest BCUT2D eigenvalue weighted by Crippen LogP contribution is -2.42. The largest absolute Gasteiger partial charge is 0.392 e. The zero-order valence-corrected chi connectivity index (χ0v) is 13.9. The van der Waals surface area contributed by atoms with Gasteiger partial charge in [0, 0.05) is 21.2 Å². The number of rotatable bonds is 1.